The van der Waals surface area contributed by atoms with Gasteiger partial charge in [-0.2, -0.15) is 0 Å². The lowest BCUT2D eigenvalue weighted by Crippen LogP contribution is -2.27. The van der Waals surface area contributed by atoms with Crippen LogP contribution in [0.15, 0.2) is 6.20 Å². The van der Waals surface area contributed by atoms with Gasteiger partial charge in [0.05, 0.1) is 17.4 Å². The third kappa shape index (κ3) is 4.66. The first kappa shape index (κ1) is 16.7. The predicted octanol–water partition coefficient (Wildman–Crippen LogP) is 1.93. The van der Waals surface area contributed by atoms with Crippen LogP contribution in [-0.2, 0) is 4.74 Å². The molecular weight excluding hydrogens is 280 g/mol. The van der Waals surface area contributed by atoms with Gasteiger partial charge in [0.25, 0.3) is 5.91 Å². The first-order valence-corrected chi connectivity index (χ1v) is 8.06. The lowest BCUT2D eigenvalue weighted by molar-refractivity contribution is 0.0757. The molecule has 0 radical (unpaired) electrons. The Kier molecular flexibility index (Phi) is 6.12. The Labute approximate surface area is 132 Å². The van der Waals surface area contributed by atoms with Crippen molar-refractivity contribution in [1.82, 2.24) is 15.3 Å². The van der Waals surface area contributed by atoms with Gasteiger partial charge in [0.1, 0.15) is 0 Å². The normalized spacial score (nSPS) is 14.6. The molecule has 6 nitrogen and oxygen atoms in total. The van der Waals surface area contributed by atoms with Crippen LogP contribution in [-0.4, -0.2) is 48.2 Å². The number of carbonyl (C=O) groups excluding carboxylic acids is 1. The molecule has 0 unspecified atom stereocenters. The van der Waals surface area contributed by atoms with E-state index in [0.29, 0.717) is 18.7 Å². The zero-order valence-electron chi connectivity index (χ0n) is 13.8. The highest BCUT2D eigenvalue weighted by molar-refractivity contribution is 5.94. The van der Waals surface area contributed by atoms with Gasteiger partial charge in [0.2, 0.25) is 5.95 Å². The SMILES string of the molecule is Cc1nc(N2CCCC2)ncc1C(=O)NCCCOC(C)C. The number of amides is 1. The number of ether oxygens (including phenoxy) is 1. The molecule has 1 amide bonds. The summed E-state index contributed by atoms with van der Waals surface area (Å²) in [5, 5.41) is 2.89. The van der Waals surface area contributed by atoms with Gasteiger partial charge in [-0.05, 0) is 40.0 Å². The second-order valence-electron chi connectivity index (χ2n) is 5.89. The molecule has 1 aromatic heterocycles. The minimum Gasteiger partial charge on any atom is -0.379 e. The summed E-state index contributed by atoms with van der Waals surface area (Å²) in [6.45, 7) is 9.11. The van der Waals surface area contributed by atoms with E-state index >= 15 is 0 Å². The summed E-state index contributed by atoms with van der Waals surface area (Å²) in [5.74, 6) is 0.618. The molecule has 0 aliphatic carbocycles. The van der Waals surface area contributed by atoms with Crippen molar-refractivity contribution < 1.29 is 9.53 Å². The molecule has 2 rings (SSSR count). The standard InChI is InChI=1S/C16H26N4O2/c1-12(2)22-10-6-7-17-15(21)14-11-18-16(19-13(14)3)20-8-4-5-9-20/h11-12H,4-10H2,1-3H3,(H,17,21). The average molecular weight is 306 g/mol. The minimum atomic E-state index is -0.116. The molecule has 0 bridgehead atoms. The van der Waals surface area contributed by atoms with Gasteiger partial charge in [0, 0.05) is 32.4 Å². The number of hydrogen-bond donors (Lipinski definition) is 1. The Balaban J connectivity index is 1.84. The van der Waals surface area contributed by atoms with Crippen molar-refractivity contribution in [2.24, 2.45) is 0 Å². The lowest BCUT2D eigenvalue weighted by Gasteiger charge is -2.16. The van der Waals surface area contributed by atoms with Crippen LogP contribution in [0.1, 0.15) is 49.2 Å². The highest BCUT2D eigenvalue weighted by atomic mass is 16.5. The van der Waals surface area contributed by atoms with Crippen LogP contribution in [0.2, 0.25) is 0 Å². The van der Waals surface area contributed by atoms with Crippen molar-refractivity contribution in [3.8, 4) is 0 Å². The Morgan fingerprint density at radius 1 is 1.41 bits per heavy atom. The van der Waals surface area contributed by atoms with Crippen LogP contribution in [0.4, 0.5) is 5.95 Å². The highest BCUT2D eigenvalue weighted by Gasteiger charge is 2.17. The van der Waals surface area contributed by atoms with Gasteiger partial charge < -0.3 is 15.0 Å². The van der Waals surface area contributed by atoms with Gasteiger partial charge in [-0.3, -0.25) is 4.79 Å². The van der Waals surface area contributed by atoms with Gasteiger partial charge in [-0.25, -0.2) is 9.97 Å². The van der Waals surface area contributed by atoms with E-state index in [2.05, 4.69) is 20.2 Å². The third-order valence-corrected chi connectivity index (χ3v) is 3.66. The lowest BCUT2D eigenvalue weighted by atomic mass is 10.2. The van der Waals surface area contributed by atoms with E-state index in [0.717, 1.165) is 31.2 Å². The molecule has 1 fully saturated rings. The molecule has 122 valence electrons. The molecule has 1 aliphatic heterocycles. The number of nitrogens with zero attached hydrogens (tertiary/aromatic N) is 3. The van der Waals surface area contributed by atoms with E-state index < -0.39 is 0 Å². The Morgan fingerprint density at radius 3 is 2.77 bits per heavy atom. The van der Waals surface area contributed by atoms with E-state index in [1.165, 1.54) is 12.8 Å². The Morgan fingerprint density at radius 2 is 2.14 bits per heavy atom. The summed E-state index contributed by atoms with van der Waals surface area (Å²) in [4.78, 5) is 23.1. The molecule has 1 saturated heterocycles. The zero-order chi connectivity index (χ0) is 15.9. The second kappa shape index (κ2) is 8.08. The highest BCUT2D eigenvalue weighted by Crippen LogP contribution is 2.16. The van der Waals surface area contributed by atoms with E-state index in [-0.39, 0.29) is 12.0 Å². The number of anilines is 1. The van der Waals surface area contributed by atoms with E-state index in [9.17, 15) is 4.79 Å². The topological polar surface area (TPSA) is 67.4 Å². The van der Waals surface area contributed by atoms with Crippen molar-refractivity contribution in [1.29, 1.82) is 0 Å². The van der Waals surface area contributed by atoms with Crippen LogP contribution < -0.4 is 10.2 Å². The number of aryl methyl sites for hydroxylation is 1. The second-order valence-corrected chi connectivity index (χ2v) is 5.89. The van der Waals surface area contributed by atoms with Gasteiger partial charge in [-0.15, -0.1) is 0 Å². The Bertz CT molecular complexity index is 499. The third-order valence-electron chi connectivity index (χ3n) is 3.66. The largest absolute Gasteiger partial charge is 0.379 e. The van der Waals surface area contributed by atoms with Crippen molar-refractivity contribution in [2.75, 3.05) is 31.1 Å². The maximum absolute atomic E-state index is 12.1. The van der Waals surface area contributed by atoms with Gasteiger partial charge >= 0.3 is 0 Å². The van der Waals surface area contributed by atoms with Crippen LogP contribution in [0.3, 0.4) is 0 Å². The summed E-state index contributed by atoms with van der Waals surface area (Å²) in [6.07, 6.45) is 5.03. The van der Waals surface area contributed by atoms with Crippen molar-refractivity contribution in [2.45, 2.75) is 46.1 Å². The molecule has 0 aromatic carbocycles. The first-order chi connectivity index (χ1) is 10.6. The smallest absolute Gasteiger partial charge is 0.254 e. The van der Waals surface area contributed by atoms with E-state index in [4.69, 9.17) is 4.74 Å². The molecule has 1 aromatic rings. The molecule has 0 atom stereocenters. The number of nitrogens with one attached hydrogen (secondary N) is 1. The maximum Gasteiger partial charge on any atom is 0.254 e. The van der Waals surface area contributed by atoms with Crippen LogP contribution >= 0.6 is 0 Å². The number of rotatable bonds is 7. The van der Waals surface area contributed by atoms with Gasteiger partial charge in [-0.1, -0.05) is 0 Å². The number of carbonyl (C=O) groups is 1. The van der Waals surface area contributed by atoms with Crippen molar-refractivity contribution in [3.05, 3.63) is 17.5 Å². The summed E-state index contributed by atoms with van der Waals surface area (Å²) < 4.78 is 5.44. The van der Waals surface area contributed by atoms with Gasteiger partial charge in [0.15, 0.2) is 0 Å². The minimum absolute atomic E-state index is 0.116. The van der Waals surface area contributed by atoms with Crippen LogP contribution in [0.25, 0.3) is 0 Å². The summed E-state index contributed by atoms with van der Waals surface area (Å²) in [6, 6.07) is 0. The summed E-state index contributed by atoms with van der Waals surface area (Å²) >= 11 is 0. The molecule has 22 heavy (non-hydrogen) atoms. The molecule has 1 N–H and O–H groups in total. The fraction of sp³-hybridized carbons (Fsp3) is 0.688. The molecule has 0 spiro atoms. The molecule has 6 heteroatoms. The summed E-state index contributed by atoms with van der Waals surface area (Å²) in [7, 11) is 0. The summed E-state index contributed by atoms with van der Waals surface area (Å²) in [5.41, 5.74) is 1.28. The fourth-order valence-corrected chi connectivity index (χ4v) is 2.44. The van der Waals surface area contributed by atoms with Crippen LogP contribution in [0.5, 0.6) is 0 Å². The van der Waals surface area contributed by atoms with Crippen molar-refractivity contribution >= 4 is 11.9 Å². The maximum atomic E-state index is 12.1. The molecular formula is C16H26N4O2. The molecule has 1 aliphatic rings. The first-order valence-electron chi connectivity index (χ1n) is 8.06. The monoisotopic (exact) mass is 306 g/mol. The number of hydrogen-bond acceptors (Lipinski definition) is 5. The van der Waals surface area contributed by atoms with Crippen molar-refractivity contribution in [3.63, 3.8) is 0 Å². The molecule has 0 saturated carbocycles. The zero-order valence-corrected chi connectivity index (χ0v) is 13.8. The van der Waals surface area contributed by atoms with E-state index in [1.54, 1.807) is 6.20 Å². The average Bonchev–Trinajstić information content (AvgIpc) is 3.00. The van der Waals surface area contributed by atoms with E-state index in [1.807, 2.05) is 20.8 Å². The predicted molar refractivity (Wildman–Crippen MR) is 86.3 cm³/mol. The molecule has 2 heterocycles. The Hall–Kier alpha value is -1.69. The number of aromatic nitrogens is 2. The van der Waals surface area contributed by atoms with Crippen LogP contribution in [0, 0.1) is 6.92 Å². The fourth-order valence-electron chi connectivity index (χ4n) is 2.44. The quantitative estimate of drug-likeness (QED) is 0.780.